The Morgan fingerprint density at radius 3 is 2.58 bits per heavy atom. The monoisotopic (exact) mass is 461 g/mol. The summed E-state index contributed by atoms with van der Waals surface area (Å²) in [7, 11) is 1.58. The Morgan fingerprint density at radius 2 is 2.00 bits per heavy atom. The second-order valence-electron chi connectivity index (χ2n) is 6.71. The molecule has 2 aromatic rings. The zero-order chi connectivity index (χ0) is 23.0. The third-order valence-electron chi connectivity index (χ3n) is 4.44. The Kier molecular flexibility index (Phi) is 8.94. The van der Waals surface area contributed by atoms with Crippen molar-refractivity contribution in [3.05, 3.63) is 46.6 Å². The van der Waals surface area contributed by atoms with Crippen LogP contribution >= 0.6 is 11.6 Å². The lowest BCUT2D eigenvalue weighted by molar-refractivity contribution is -0.138. The molecule has 0 radical (unpaired) electrons. The highest BCUT2D eigenvalue weighted by atomic mass is 35.5. The Labute approximate surface area is 182 Å². The highest BCUT2D eigenvalue weighted by Gasteiger charge is 2.32. The molecule has 10 heteroatoms. The summed E-state index contributed by atoms with van der Waals surface area (Å²) in [6.45, 7) is 2.72. The minimum atomic E-state index is -4.59. The number of methoxy groups -OCH3 is 1. The highest BCUT2D eigenvalue weighted by molar-refractivity contribution is 6.31. The number of carbonyl (C=O) groups is 1. The maximum atomic E-state index is 12.9. The van der Waals surface area contributed by atoms with Crippen LogP contribution in [0.15, 0.2) is 30.5 Å². The number of carboxylic acids is 1. The van der Waals surface area contributed by atoms with Gasteiger partial charge in [0.05, 0.1) is 18.6 Å². The first-order valence-corrected chi connectivity index (χ1v) is 9.91. The molecule has 1 heterocycles. The molecule has 1 aromatic carbocycles. The molecule has 0 amide bonds. The molecule has 0 saturated carbocycles. The van der Waals surface area contributed by atoms with Crippen molar-refractivity contribution < 1.29 is 37.3 Å². The Balaban J connectivity index is 2.37. The minimum Gasteiger partial charge on any atom is -0.493 e. The summed E-state index contributed by atoms with van der Waals surface area (Å²) in [6, 6.07) is 5.63. The van der Waals surface area contributed by atoms with Gasteiger partial charge in [0.2, 0.25) is 5.88 Å². The first kappa shape index (κ1) is 24.7. The van der Waals surface area contributed by atoms with E-state index in [1.54, 1.807) is 25.3 Å². The molecule has 0 aliphatic rings. The van der Waals surface area contributed by atoms with Crippen LogP contribution in [0.2, 0.25) is 5.02 Å². The fraction of sp³-hybridized carbons (Fsp3) is 0.429. The quantitative estimate of drug-likeness (QED) is 0.418. The second-order valence-corrected chi connectivity index (χ2v) is 7.12. The van der Waals surface area contributed by atoms with Gasteiger partial charge in [-0.05, 0) is 30.0 Å². The molecular weight excluding hydrogens is 439 g/mol. The summed E-state index contributed by atoms with van der Waals surface area (Å²) >= 11 is 5.97. The van der Waals surface area contributed by atoms with Crippen LogP contribution in [0, 0.1) is 0 Å². The number of pyridine rings is 1. The summed E-state index contributed by atoms with van der Waals surface area (Å²) in [5.74, 6) is -0.932. The Bertz CT molecular complexity index is 892. The number of hydrogen-bond donors (Lipinski definition) is 1. The van der Waals surface area contributed by atoms with E-state index >= 15 is 0 Å². The third-order valence-corrected chi connectivity index (χ3v) is 4.71. The molecule has 31 heavy (non-hydrogen) atoms. The van der Waals surface area contributed by atoms with Crippen LogP contribution in [-0.4, -0.2) is 36.4 Å². The molecular formula is C21H23ClF3NO5. The molecule has 1 N–H and O–H groups in total. The second kappa shape index (κ2) is 11.2. The number of halogens is 4. The van der Waals surface area contributed by atoms with Gasteiger partial charge in [0, 0.05) is 32.4 Å². The maximum absolute atomic E-state index is 12.9. The number of aromatic nitrogens is 1. The molecule has 1 aromatic heterocycles. The predicted molar refractivity (Wildman–Crippen MR) is 108 cm³/mol. The summed E-state index contributed by atoms with van der Waals surface area (Å²) in [5.41, 5.74) is -0.440. The summed E-state index contributed by atoms with van der Waals surface area (Å²) in [4.78, 5) is 14.9. The molecule has 0 bridgehead atoms. The van der Waals surface area contributed by atoms with E-state index < -0.39 is 17.7 Å². The number of carboxylic acid groups (broad SMARTS) is 1. The van der Waals surface area contributed by atoms with Crippen LogP contribution in [0.1, 0.15) is 43.2 Å². The van der Waals surface area contributed by atoms with Crippen molar-refractivity contribution in [1.82, 2.24) is 4.98 Å². The standard InChI is InChI=1S/C21H23ClF3NO5/c1-3-13(9-19(27)28)16-6-5-15(30-8-4-7-29-2)11-18(16)31-20-17(22)10-14(12-26-20)21(23,24)25/h5-6,10-13H,3-4,7-9H2,1-2H3,(H,27,28). The number of nitrogens with zero attached hydrogens (tertiary/aromatic N) is 1. The SMILES string of the molecule is CCC(CC(=O)O)c1ccc(OCCCOC)cc1Oc1ncc(C(F)(F)F)cc1Cl. The van der Waals surface area contributed by atoms with Gasteiger partial charge in [0.25, 0.3) is 0 Å². The van der Waals surface area contributed by atoms with E-state index in [1.807, 2.05) is 6.92 Å². The average Bonchev–Trinajstić information content (AvgIpc) is 2.70. The maximum Gasteiger partial charge on any atom is 0.417 e. The van der Waals surface area contributed by atoms with Crippen molar-refractivity contribution in [3.63, 3.8) is 0 Å². The van der Waals surface area contributed by atoms with Crippen LogP contribution in [0.3, 0.4) is 0 Å². The van der Waals surface area contributed by atoms with E-state index in [-0.39, 0.29) is 29.0 Å². The van der Waals surface area contributed by atoms with Gasteiger partial charge in [-0.15, -0.1) is 0 Å². The number of benzene rings is 1. The van der Waals surface area contributed by atoms with Crippen molar-refractivity contribution in [2.75, 3.05) is 20.3 Å². The molecule has 0 spiro atoms. The van der Waals surface area contributed by atoms with E-state index in [1.165, 1.54) is 0 Å². The molecule has 0 aliphatic carbocycles. The summed E-state index contributed by atoms with van der Waals surface area (Å²) in [6.07, 6.45) is -2.96. The van der Waals surface area contributed by atoms with Gasteiger partial charge in [0.1, 0.15) is 16.5 Å². The van der Waals surface area contributed by atoms with E-state index in [0.717, 1.165) is 6.07 Å². The molecule has 0 fully saturated rings. The van der Waals surface area contributed by atoms with E-state index in [4.69, 9.17) is 25.8 Å². The Hall–Kier alpha value is -2.52. The minimum absolute atomic E-state index is 0.144. The van der Waals surface area contributed by atoms with Gasteiger partial charge >= 0.3 is 12.1 Å². The lowest BCUT2D eigenvalue weighted by Gasteiger charge is -2.19. The largest absolute Gasteiger partial charge is 0.493 e. The number of hydrogen-bond acceptors (Lipinski definition) is 5. The molecule has 0 aliphatic heterocycles. The summed E-state index contributed by atoms with van der Waals surface area (Å²) < 4.78 is 55.0. The number of ether oxygens (including phenoxy) is 3. The van der Waals surface area contributed by atoms with Gasteiger partial charge in [-0.2, -0.15) is 13.2 Å². The van der Waals surface area contributed by atoms with Crippen LogP contribution in [0.5, 0.6) is 17.4 Å². The van der Waals surface area contributed by atoms with Gasteiger partial charge in [0.15, 0.2) is 0 Å². The fourth-order valence-electron chi connectivity index (χ4n) is 2.87. The van der Waals surface area contributed by atoms with Crippen LogP contribution in [0.25, 0.3) is 0 Å². The fourth-order valence-corrected chi connectivity index (χ4v) is 3.07. The topological polar surface area (TPSA) is 77.9 Å². The molecule has 170 valence electrons. The van der Waals surface area contributed by atoms with Gasteiger partial charge in [-0.3, -0.25) is 4.79 Å². The van der Waals surface area contributed by atoms with Crippen molar-refractivity contribution in [3.8, 4) is 17.4 Å². The van der Waals surface area contributed by atoms with Gasteiger partial charge in [-0.1, -0.05) is 24.6 Å². The van der Waals surface area contributed by atoms with Crippen molar-refractivity contribution in [2.24, 2.45) is 0 Å². The molecule has 6 nitrogen and oxygen atoms in total. The lowest BCUT2D eigenvalue weighted by Crippen LogP contribution is -2.08. The highest BCUT2D eigenvalue weighted by Crippen LogP contribution is 2.39. The van der Waals surface area contributed by atoms with Gasteiger partial charge in [-0.25, -0.2) is 4.98 Å². The van der Waals surface area contributed by atoms with E-state index in [2.05, 4.69) is 4.98 Å². The lowest BCUT2D eigenvalue weighted by atomic mass is 9.92. The van der Waals surface area contributed by atoms with Crippen LogP contribution < -0.4 is 9.47 Å². The van der Waals surface area contributed by atoms with Gasteiger partial charge < -0.3 is 19.3 Å². The van der Waals surface area contributed by atoms with E-state index in [0.29, 0.717) is 43.6 Å². The molecule has 2 rings (SSSR count). The van der Waals surface area contributed by atoms with Crippen LogP contribution in [-0.2, 0) is 15.7 Å². The van der Waals surface area contributed by atoms with Crippen molar-refractivity contribution in [1.29, 1.82) is 0 Å². The molecule has 1 atom stereocenters. The number of rotatable bonds is 11. The zero-order valence-electron chi connectivity index (χ0n) is 17.0. The third kappa shape index (κ3) is 7.29. The number of alkyl halides is 3. The van der Waals surface area contributed by atoms with Crippen LogP contribution in [0.4, 0.5) is 13.2 Å². The molecule has 1 unspecified atom stereocenters. The zero-order valence-corrected chi connectivity index (χ0v) is 17.8. The first-order valence-electron chi connectivity index (χ1n) is 9.53. The predicted octanol–water partition coefficient (Wildman–Crippen LogP) is 5.93. The van der Waals surface area contributed by atoms with E-state index in [9.17, 15) is 23.1 Å². The first-order chi connectivity index (χ1) is 14.7. The smallest absolute Gasteiger partial charge is 0.417 e. The average molecular weight is 462 g/mol. The van der Waals surface area contributed by atoms with Crippen molar-refractivity contribution >= 4 is 17.6 Å². The number of aliphatic carboxylic acids is 1. The normalized spacial score (nSPS) is 12.5. The summed E-state index contributed by atoms with van der Waals surface area (Å²) in [5, 5.41) is 8.89. The Morgan fingerprint density at radius 1 is 1.26 bits per heavy atom. The molecule has 0 saturated heterocycles. The van der Waals surface area contributed by atoms with Crippen molar-refractivity contribution in [2.45, 2.75) is 38.3 Å².